The summed E-state index contributed by atoms with van der Waals surface area (Å²) in [5.74, 6) is -0.0767. The molecule has 3 aromatic rings. The molecule has 1 atom stereocenters. The molecule has 0 aliphatic heterocycles. The Bertz CT molecular complexity index is 1330. The normalized spacial score (nSPS) is 11.7. The van der Waals surface area contributed by atoms with E-state index in [4.69, 9.17) is 9.47 Å². The van der Waals surface area contributed by atoms with Crippen molar-refractivity contribution >= 4 is 23.2 Å². The molecule has 1 aromatic carbocycles. The van der Waals surface area contributed by atoms with Crippen molar-refractivity contribution in [1.82, 2.24) is 14.9 Å². The Hall–Kier alpha value is -4.18. The quantitative estimate of drug-likeness (QED) is 0.352. The van der Waals surface area contributed by atoms with E-state index in [1.54, 1.807) is 12.3 Å². The number of hydrogen-bond donors (Lipinski definition) is 3. The molecule has 10 heteroatoms. The lowest BCUT2D eigenvalue weighted by Crippen LogP contribution is -2.34. The second-order valence-corrected chi connectivity index (χ2v) is 9.01. The summed E-state index contributed by atoms with van der Waals surface area (Å²) < 4.78 is 12.3. The van der Waals surface area contributed by atoms with Gasteiger partial charge in [0.25, 0.3) is 11.5 Å². The lowest BCUT2D eigenvalue weighted by atomic mass is 9.92. The molecule has 2 heterocycles. The fraction of sp³-hybridized carbons (Fsp3) is 0.357. The van der Waals surface area contributed by atoms with Crippen molar-refractivity contribution in [2.24, 2.45) is 0 Å². The predicted molar refractivity (Wildman–Crippen MR) is 148 cm³/mol. The minimum atomic E-state index is -0.878. The predicted octanol–water partition coefficient (Wildman–Crippen LogP) is 3.66. The van der Waals surface area contributed by atoms with Crippen molar-refractivity contribution in [2.45, 2.75) is 32.2 Å². The standard InChI is InChI=1S/C28H35N5O5/c1-17(2)20-9-7-18(29-3)13-21(20)22-14-26(34)33(16-25(22)38-6)24(11-12-37-5)28(36)32-19-8-10-23(31-15-19)27(35)30-4/h7-10,13-17,24,29H,11-12H2,1-6H3,(H,30,35)(H,32,36). The Kier molecular flexibility index (Phi) is 9.61. The van der Waals surface area contributed by atoms with Crippen molar-refractivity contribution in [1.29, 1.82) is 0 Å². The van der Waals surface area contributed by atoms with E-state index in [0.717, 1.165) is 16.8 Å². The number of anilines is 2. The summed E-state index contributed by atoms with van der Waals surface area (Å²) in [6.07, 6.45) is 3.21. The van der Waals surface area contributed by atoms with Crippen molar-refractivity contribution in [3.63, 3.8) is 0 Å². The first-order chi connectivity index (χ1) is 18.2. The molecule has 0 bridgehead atoms. The van der Waals surface area contributed by atoms with Gasteiger partial charge in [-0.1, -0.05) is 19.9 Å². The number of carbonyl (C=O) groups excluding carboxylic acids is 2. The molecule has 0 aliphatic rings. The number of methoxy groups -OCH3 is 2. The summed E-state index contributed by atoms with van der Waals surface area (Å²) in [5.41, 5.74) is 3.77. The van der Waals surface area contributed by atoms with Crippen LogP contribution >= 0.6 is 0 Å². The number of pyridine rings is 2. The maximum absolute atomic E-state index is 13.4. The lowest BCUT2D eigenvalue weighted by molar-refractivity contribution is -0.119. The van der Waals surface area contributed by atoms with Crippen molar-refractivity contribution in [3.8, 4) is 16.9 Å². The first kappa shape index (κ1) is 28.4. The van der Waals surface area contributed by atoms with Crippen molar-refractivity contribution in [3.05, 3.63) is 70.4 Å². The SMILES string of the molecule is CNC(=O)c1ccc(NC(=O)C(CCOC)n2cc(OC)c(-c3cc(NC)ccc3C(C)C)cc2=O)cn1. The Morgan fingerprint density at radius 3 is 2.34 bits per heavy atom. The highest BCUT2D eigenvalue weighted by Gasteiger charge is 2.24. The molecule has 202 valence electrons. The van der Waals surface area contributed by atoms with E-state index >= 15 is 0 Å². The smallest absolute Gasteiger partial charge is 0.269 e. The number of hydrogen-bond acceptors (Lipinski definition) is 7. The fourth-order valence-electron chi connectivity index (χ4n) is 4.18. The topological polar surface area (TPSA) is 124 Å². The Labute approximate surface area is 222 Å². The molecule has 0 saturated carbocycles. The third-order valence-corrected chi connectivity index (χ3v) is 6.24. The third kappa shape index (κ3) is 6.38. The van der Waals surface area contributed by atoms with Crippen LogP contribution in [-0.4, -0.2) is 56.3 Å². The molecule has 0 spiro atoms. The number of nitrogens with zero attached hydrogens (tertiary/aromatic N) is 2. The molecule has 0 radical (unpaired) electrons. The van der Waals surface area contributed by atoms with E-state index in [-0.39, 0.29) is 36.1 Å². The van der Waals surface area contributed by atoms with E-state index < -0.39 is 11.9 Å². The summed E-state index contributed by atoms with van der Waals surface area (Å²) in [5, 5.41) is 8.42. The van der Waals surface area contributed by atoms with Gasteiger partial charge in [-0.25, -0.2) is 4.98 Å². The van der Waals surface area contributed by atoms with Gasteiger partial charge in [-0.3, -0.25) is 19.0 Å². The molecule has 1 unspecified atom stereocenters. The summed E-state index contributed by atoms with van der Waals surface area (Å²) in [6.45, 7) is 4.43. The third-order valence-electron chi connectivity index (χ3n) is 6.24. The highest BCUT2D eigenvalue weighted by atomic mass is 16.5. The van der Waals surface area contributed by atoms with Gasteiger partial charge >= 0.3 is 0 Å². The molecule has 2 aromatic heterocycles. The first-order valence-corrected chi connectivity index (χ1v) is 12.3. The minimum Gasteiger partial charge on any atom is -0.495 e. The molecule has 3 rings (SSSR count). The van der Waals surface area contributed by atoms with Crippen molar-refractivity contribution < 1.29 is 19.1 Å². The number of carbonyl (C=O) groups is 2. The van der Waals surface area contributed by atoms with Crippen LogP contribution in [0.1, 0.15) is 48.3 Å². The van der Waals surface area contributed by atoms with Crippen LogP contribution in [0.3, 0.4) is 0 Å². The summed E-state index contributed by atoms with van der Waals surface area (Å²) in [4.78, 5) is 42.6. The second kappa shape index (κ2) is 12.9. The van der Waals surface area contributed by atoms with Crippen LogP contribution < -0.4 is 26.2 Å². The number of rotatable bonds is 11. The molecule has 0 aliphatic carbocycles. The zero-order chi connectivity index (χ0) is 27.8. The number of benzene rings is 1. The van der Waals surface area contributed by atoms with Crippen LogP contribution in [0, 0.1) is 0 Å². The Morgan fingerprint density at radius 2 is 1.76 bits per heavy atom. The zero-order valence-electron chi connectivity index (χ0n) is 22.6. The van der Waals surface area contributed by atoms with Crippen LogP contribution in [-0.2, 0) is 9.53 Å². The summed E-state index contributed by atoms with van der Waals surface area (Å²) in [7, 11) is 6.42. The van der Waals surface area contributed by atoms with Gasteiger partial charge in [-0.05, 0) is 41.3 Å². The average molecular weight is 522 g/mol. The lowest BCUT2D eigenvalue weighted by Gasteiger charge is -2.22. The fourth-order valence-corrected chi connectivity index (χ4v) is 4.18. The van der Waals surface area contributed by atoms with Crippen LogP contribution in [0.25, 0.3) is 11.1 Å². The van der Waals surface area contributed by atoms with Crippen LogP contribution in [0.5, 0.6) is 5.75 Å². The van der Waals surface area contributed by atoms with Crippen LogP contribution in [0.4, 0.5) is 11.4 Å². The molecular weight excluding hydrogens is 486 g/mol. The molecule has 2 amide bonds. The highest BCUT2D eigenvalue weighted by Crippen LogP contribution is 2.36. The molecule has 38 heavy (non-hydrogen) atoms. The van der Waals surface area contributed by atoms with Gasteiger partial charge in [0.2, 0.25) is 5.91 Å². The second-order valence-electron chi connectivity index (χ2n) is 9.01. The van der Waals surface area contributed by atoms with E-state index in [1.165, 1.54) is 44.2 Å². The first-order valence-electron chi connectivity index (χ1n) is 12.3. The van der Waals surface area contributed by atoms with Gasteiger partial charge in [-0.15, -0.1) is 0 Å². The number of ether oxygens (including phenoxy) is 2. The maximum atomic E-state index is 13.4. The number of nitrogens with one attached hydrogen (secondary N) is 3. The van der Waals surface area contributed by atoms with Crippen LogP contribution in [0.2, 0.25) is 0 Å². The number of amides is 2. The van der Waals surface area contributed by atoms with E-state index in [9.17, 15) is 14.4 Å². The largest absolute Gasteiger partial charge is 0.495 e. The molecule has 10 nitrogen and oxygen atoms in total. The molecule has 0 saturated heterocycles. The van der Waals surface area contributed by atoms with E-state index in [2.05, 4.69) is 34.8 Å². The minimum absolute atomic E-state index is 0.215. The van der Waals surface area contributed by atoms with Gasteiger partial charge in [0, 0.05) is 51.6 Å². The molecular formula is C28H35N5O5. The molecule has 0 fully saturated rings. The zero-order valence-corrected chi connectivity index (χ0v) is 22.6. The van der Waals surface area contributed by atoms with Crippen LogP contribution in [0.15, 0.2) is 53.6 Å². The Morgan fingerprint density at radius 1 is 1.03 bits per heavy atom. The van der Waals surface area contributed by atoms with Gasteiger partial charge in [0.1, 0.15) is 17.5 Å². The van der Waals surface area contributed by atoms with Gasteiger partial charge in [-0.2, -0.15) is 0 Å². The number of aromatic nitrogens is 2. The average Bonchev–Trinajstić information content (AvgIpc) is 2.93. The van der Waals surface area contributed by atoms with Gasteiger partial charge in [0.05, 0.1) is 25.2 Å². The van der Waals surface area contributed by atoms with E-state index in [0.29, 0.717) is 17.0 Å². The molecule has 3 N–H and O–H groups in total. The van der Waals surface area contributed by atoms with E-state index in [1.807, 2.05) is 25.2 Å². The monoisotopic (exact) mass is 521 g/mol. The van der Waals surface area contributed by atoms with Crippen molar-refractivity contribution in [2.75, 3.05) is 45.6 Å². The highest BCUT2D eigenvalue weighted by molar-refractivity contribution is 5.95. The maximum Gasteiger partial charge on any atom is 0.269 e. The van der Waals surface area contributed by atoms with Gasteiger partial charge < -0.3 is 25.4 Å². The Balaban J connectivity index is 2.02. The summed E-state index contributed by atoms with van der Waals surface area (Å²) in [6, 6.07) is 9.74. The summed E-state index contributed by atoms with van der Waals surface area (Å²) >= 11 is 0. The van der Waals surface area contributed by atoms with Gasteiger partial charge in [0.15, 0.2) is 0 Å².